The predicted molar refractivity (Wildman–Crippen MR) is 139 cm³/mol. The summed E-state index contributed by atoms with van der Waals surface area (Å²) < 4.78 is 55.6. The number of hydrogen-bond acceptors (Lipinski definition) is 2. The highest BCUT2D eigenvalue weighted by atomic mass is 19.4. The number of aryl methyl sites for hydroxylation is 1. The molecule has 0 aliphatic carbocycles. The molecule has 0 spiro atoms. The van der Waals surface area contributed by atoms with E-state index in [0.717, 1.165) is 17.3 Å². The molecule has 0 aliphatic rings. The second kappa shape index (κ2) is 10.6. The second-order valence-corrected chi connectivity index (χ2v) is 9.23. The molecular formula is C29H26F4N4O. The van der Waals surface area contributed by atoms with Crippen LogP contribution in [0.25, 0.3) is 22.5 Å². The fourth-order valence-electron chi connectivity index (χ4n) is 4.24. The van der Waals surface area contributed by atoms with Gasteiger partial charge in [-0.3, -0.25) is 4.79 Å². The fraction of sp³-hybridized carbons (Fsp3) is 0.207. The van der Waals surface area contributed by atoms with Crippen LogP contribution in [0.1, 0.15) is 42.1 Å². The lowest BCUT2D eigenvalue weighted by atomic mass is 9.91. The Hall–Kier alpha value is -4.27. The van der Waals surface area contributed by atoms with E-state index >= 15 is 4.39 Å². The number of halogens is 4. The lowest BCUT2D eigenvalue weighted by Crippen LogP contribution is -2.18. The molecule has 1 heterocycles. The second-order valence-electron chi connectivity index (χ2n) is 9.23. The molecule has 0 fully saturated rings. The summed E-state index contributed by atoms with van der Waals surface area (Å²) in [5.41, 5.74) is 8.21. The molecule has 1 amide bonds. The summed E-state index contributed by atoms with van der Waals surface area (Å²) in [4.78, 5) is 20.2. The van der Waals surface area contributed by atoms with E-state index in [9.17, 15) is 18.0 Å². The Morgan fingerprint density at radius 2 is 1.66 bits per heavy atom. The predicted octanol–water partition coefficient (Wildman–Crippen LogP) is 6.51. The van der Waals surface area contributed by atoms with Gasteiger partial charge in [0.05, 0.1) is 12.0 Å². The van der Waals surface area contributed by atoms with Crippen molar-refractivity contribution in [1.82, 2.24) is 9.55 Å². The molecular weight excluding hydrogens is 496 g/mol. The highest BCUT2D eigenvalue weighted by molar-refractivity contribution is 6.05. The van der Waals surface area contributed by atoms with Crippen LogP contribution < -0.4 is 5.73 Å². The van der Waals surface area contributed by atoms with Gasteiger partial charge < -0.3 is 10.3 Å². The number of rotatable bonds is 6. The lowest BCUT2D eigenvalue weighted by Gasteiger charge is -2.15. The number of imidazole rings is 1. The number of amides is 1. The van der Waals surface area contributed by atoms with E-state index in [1.807, 2.05) is 38.1 Å². The summed E-state index contributed by atoms with van der Waals surface area (Å²) in [6.45, 7) is 4.05. The first-order chi connectivity index (χ1) is 18.0. The largest absolute Gasteiger partial charge is 0.434 e. The number of nitrogens with two attached hydrogens (primary N) is 1. The van der Waals surface area contributed by atoms with E-state index in [1.165, 1.54) is 17.7 Å². The summed E-state index contributed by atoms with van der Waals surface area (Å²) in [6, 6.07) is 18.7. The standard InChI is InChI=1S/C29H26F4N4O/c1-17(2)20-7-4-5-8-21(20)22-9-6-10-23(26(22)30)27(34)36-25(38)15-18-11-13-19(14-12-18)28-35-24(16-37(28)3)29(31,32)33/h4-14,16-17H,15H2,1-3H3,(H2,34,36,38). The van der Waals surface area contributed by atoms with Crippen molar-refractivity contribution in [3.63, 3.8) is 0 Å². The van der Waals surface area contributed by atoms with Crippen LogP contribution in [0.2, 0.25) is 0 Å². The number of carbonyl (C=O) groups is 1. The number of benzene rings is 3. The molecule has 0 atom stereocenters. The Bertz CT molecular complexity index is 1500. The SMILES string of the molecule is CC(C)c1ccccc1-c1cccc(C(N)=NC(=O)Cc2ccc(-c3nc(C(F)(F)F)cn3C)cc2)c1F. The van der Waals surface area contributed by atoms with Gasteiger partial charge in [0.25, 0.3) is 5.91 Å². The average Bonchev–Trinajstić information content (AvgIpc) is 3.26. The smallest absolute Gasteiger partial charge is 0.383 e. The maximum Gasteiger partial charge on any atom is 0.434 e. The Kier molecular flexibility index (Phi) is 7.48. The molecule has 0 radical (unpaired) electrons. The molecule has 1 aromatic heterocycles. The Morgan fingerprint density at radius 3 is 2.29 bits per heavy atom. The van der Waals surface area contributed by atoms with Gasteiger partial charge in [-0.1, -0.05) is 74.5 Å². The topological polar surface area (TPSA) is 73.3 Å². The summed E-state index contributed by atoms with van der Waals surface area (Å²) in [7, 11) is 1.47. The number of nitrogens with zero attached hydrogens (tertiary/aromatic N) is 3. The molecule has 38 heavy (non-hydrogen) atoms. The zero-order valence-corrected chi connectivity index (χ0v) is 21.1. The van der Waals surface area contributed by atoms with Gasteiger partial charge in [-0.15, -0.1) is 0 Å². The van der Waals surface area contributed by atoms with E-state index in [2.05, 4.69) is 9.98 Å². The summed E-state index contributed by atoms with van der Waals surface area (Å²) >= 11 is 0. The van der Waals surface area contributed by atoms with Crippen LogP contribution in [-0.4, -0.2) is 21.3 Å². The first kappa shape index (κ1) is 26.8. The molecule has 196 valence electrons. The number of aromatic nitrogens is 2. The van der Waals surface area contributed by atoms with Gasteiger partial charge in [-0.2, -0.15) is 18.2 Å². The average molecular weight is 523 g/mol. The van der Waals surface area contributed by atoms with Gasteiger partial charge >= 0.3 is 6.18 Å². The molecule has 2 N–H and O–H groups in total. The van der Waals surface area contributed by atoms with Crippen molar-refractivity contribution in [2.75, 3.05) is 0 Å². The fourth-order valence-corrected chi connectivity index (χ4v) is 4.24. The van der Waals surface area contributed by atoms with E-state index in [4.69, 9.17) is 5.73 Å². The molecule has 3 aromatic carbocycles. The number of aliphatic imine (C=N–C) groups is 1. The maximum atomic E-state index is 15.5. The summed E-state index contributed by atoms with van der Waals surface area (Å²) in [5, 5.41) is 0. The van der Waals surface area contributed by atoms with Gasteiger partial charge in [0, 0.05) is 24.4 Å². The minimum Gasteiger partial charge on any atom is -0.383 e. The van der Waals surface area contributed by atoms with Crippen molar-refractivity contribution in [2.45, 2.75) is 32.4 Å². The van der Waals surface area contributed by atoms with Gasteiger partial charge in [-0.05, 0) is 28.7 Å². The number of carbonyl (C=O) groups excluding carboxylic acids is 1. The first-order valence-electron chi connectivity index (χ1n) is 11.9. The third kappa shape index (κ3) is 5.66. The van der Waals surface area contributed by atoms with Crippen molar-refractivity contribution in [3.8, 4) is 22.5 Å². The number of hydrogen-bond donors (Lipinski definition) is 1. The van der Waals surface area contributed by atoms with Gasteiger partial charge in [0.15, 0.2) is 5.69 Å². The molecule has 9 heteroatoms. The minimum absolute atomic E-state index is 0.0278. The molecule has 5 nitrogen and oxygen atoms in total. The lowest BCUT2D eigenvalue weighted by molar-refractivity contribution is -0.140. The van der Waals surface area contributed by atoms with Crippen LogP contribution in [-0.2, 0) is 24.4 Å². The van der Waals surface area contributed by atoms with Gasteiger partial charge in [0.2, 0.25) is 0 Å². The zero-order chi connectivity index (χ0) is 27.6. The minimum atomic E-state index is -4.54. The Morgan fingerprint density at radius 1 is 1.00 bits per heavy atom. The van der Waals surface area contributed by atoms with Crippen LogP contribution in [0.4, 0.5) is 17.6 Å². The molecule has 4 rings (SSSR count). The normalized spacial score (nSPS) is 12.3. The zero-order valence-electron chi connectivity index (χ0n) is 21.1. The first-order valence-corrected chi connectivity index (χ1v) is 11.9. The molecule has 0 saturated heterocycles. The molecule has 0 saturated carbocycles. The number of alkyl halides is 3. The number of amidine groups is 1. The van der Waals surface area contributed by atoms with Crippen molar-refractivity contribution in [2.24, 2.45) is 17.8 Å². The summed E-state index contributed by atoms with van der Waals surface area (Å²) in [6.07, 6.45) is -3.75. The highest BCUT2D eigenvalue weighted by Gasteiger charge is 2.34. The van der Waals surface area contributed by atoms with E-state index in [1.54, 1.807) is 36.4 Å². The monoisotopic (exact) mass is 522 g/mol. The van der Waals surface area contributed by atoms with Crippen LogP contribution in [0.3, 0.4) is 0 Å². The Balaban J connectivity index is 1.53. The highest BCUT2D eigenvalue weighted by Crippen LogP contribution is 2.32. The van der Waals surface area contributed by atoms with Crippen LogP contribution >= 0.6 is 0 Å². The Labute approximate surface area is 217 Å². The van der Waals surface area contributed by atoms with Crippen LogP contribution in [0.5, 0.6) is 0 Å². The van der Waals surface area contributed by atoms with Crippen LogP contribution in [0, 0.1) is 5.82 Å². The maximum absolute atomic E-state index is 15.5. The van der Waals surface area contributed by atoms with E-state index in [-0.39, 0.29) is 29.6 Å². The third-order valence-electron chi connectivity index (χ3n) is 6.13. The molecule has 0 aliphatic heterocycles. The molecule has 0 bridgehead atoms. The van der Waals surface area contributed by atoms with Gasteiger partial charge in [-0.25, -0.2) is 9.37 Å². The quantitative estimate of drug-likeness (QED) is 0.178. The summed E-state index contributed by atoms with van der Waals surface area (Å²) in [5.74, 6) is -1.06. The molecule has 0 unspecified atom stereocenters. The van der Waals surface area contributed by atoms with Crippen molar-refractivity contribution < 1.29 is 22.4 Å². The van der Waals surface area contributed by atoms with Crippen molar-refractivity contribution in [3.05, 3.63) is 101 Å². The van der Waals surface area contributed by atoms with E-state index < -0.39 is 23.6 Å². The van der Waals surface area contributed by atoms with Crippen LogP contribution in [0.15, 0.2) is 77.9 Å². The van der Waals surface area contributed by atoms with E-state index in [0.29, 0.717) is 16.7 Å². The molecule has 4 aromatic rings. The van der Waals surface area contributed by atoms with Crippen molar-refractivity contribution >= 4 is 11.7 Å². The van der Waals surface area contributed by atoms with Gasteiger partial charge in [0.1, 0.15) is 17.5 Å². The third-order valence-corrected chi connectivity index (χ3v) is 6.13. The van der Waals surface area contributed by atoms with Crippen molar-refractivity contribution in [1.29, 1.82) is 0 Å².